The fraction of sp³-hybridized carbons (Fsp3) is 0.458. The third-order valence-corrected chi connectivity index (χ3v) is 8.23. The van der Waals surface area contributed by atoms with Gasteiger partial charge in [0.25, 0.3) is 5.91 Å². The zero-order valence-electron chi connectivity index (χ0n) is 18.8. The number of nitrogens with one attached hydrogen (secondary N) is 1. The van der Waals surface area contributed by atoms with Crippen LogP contribution in [0.2, 0.25) is 0 Å². The lowest BCUT2D eigenvalue weighted by atomic mass is 10.1. The van der Waals surface area contributed by atoms with E-state index in [1.54, 1.807) is 6.07 Å². The summed E-state index contributed by atoms with van der Waals surface area (Å²) in [6, 6.07) is 10.4. The van der Waals surface area contributed by atoms with Crippen LogP contribution in [0.4, 0.5) is 11.4 Å². The van der Waals surface area contributed by atoms with E-state index in [0.717, 1.165) is 50.9 Å². The van der Waals surface area contributed by atoms with E-state index in [4.69, 9.17) is 4.74 Å². The van der Waals surface area contributed by atoms with E-state index in [9.17, 15) is 13.2 Å². The lowest BCUT2D eigenvalue weighted by molar-refractivity contribution is 0.102. The second-order valence-corrected chi connectivity index (χ2v) is 10.2. The van der Waals surface area contributed by atoms with Crippen molar-refractivity contribution in [3.05, 3.63) is 47.5 Å². The molecule has 0 aromatic heterocycles. The number of hydrogen-bond acceptors (Lipinski definition) is 5. The van der Waals surface area contributed by atoms with Gasteiger partial charge in [-0.05, 0) is 62.1 Å². The number of methoxy groups -OCH3 is 1. The van der Waals surface area contributed by atoms with Crippen LogP contribution in [0.5, 0.6) is 5.75 Å². The molecule has 0 spiro atoms. The highest BCUT2D eigenvalue weighted by Gasteiger charge is 2.27. The lowest BCUT2D eigenvalue weighted by Crippen LogP contribution is -2.32. The predicted molar refractivity (Wildman–Crippen MR) is 126 cm³/mol. The molecule has 172 valence electrons. The number of benzene rings is 2. The van der Waals surface area contributed by atoms with Gasteiger partial charge in [-0.1, -0.05) is 18.9 Å². The minimum atomic E-state index is -3.67. The Morgan fingerprint density at radius 2 is 1.78 bits per heavy atom. The maximum Gasteiger partial charge on any atom is 0.259 e. The Hall–Kier alpha value is -2.58. The molecule has 32 heavy (non-hydrogen) atoms. The maximum atomic E-state index is 13.2. The molecule has 0 aliphatic carbocycles. The van der Waals surface area contributed by atoms with Crippen LogP contribution in [0.1, 0.15) is 48.5 Å². The molecule has 0 saturated carbocycles. The molecule has 7 nitrogen and oxygen atoms in total. The highest BCUT2D eigenvalue weighted by Crippen LogP contribution is 2.32. The number of amides is 1. The maximum absolute atomic E-state index is 13.2. The molecule has 1 amide bonds. The molecule has 0 atom stereocenters. The Morgan fingerprint density at radius 1 is 1.03 bits per heavy atom. The van der Waals surface area contributed by atoms with E-state index < -0.39 is 15.9 Å². The minimum Gasteiger partial charge on any atom is -0.496 e. The second kappa shape index (κ2) is 9.50. The molecule has 2 aliphatic heterocycles. The van der Waals surface area contributed by atoms with Gasteiger partial charge in [0.15, 0.2) is 0 Å². The first-order chi connectivity index (χ1) is 15.4. The predicted octanol–water partition coefficient (Wildman–Crippen LogP) is 3.89. The van der Waals surface area contributed by atoms with Crippen LogP contribution >= 0.6 is 0 Å². The Morgan fingerprint density at radius 3 is 2.47 bits per heavy atom. The van der Waals surface area contributed by atoms with Gasteiger partial charge in [-0.2, -0.15) is 4.31 Å². The quantitative estimate of drug-likeness (QED) is 0.712. The SMILES string of the molecule is CCN1CCc2ccc(NC(=O)c3cc(S(=O)(=O)N4CCCCCC4)ccc3OC)cc21. The number of anilines is 2. The van der Waals surface area contributed by atoms with Gasteiger partial charge in [-0.3, -0.25) is 4.79 Å². The Labute approximate surface area is 190 Å². The van der Waals surface area contributed by atoms with Crippen LogP contribution < -0.4 is 15.0 Å². The zero-order valence-corrected chi connectivity index (χ0v) is 19.6. The van der Waals surface area contributed by atoms with Crippen molar-refractivity contribution in [3.63, 3.8) is 0 Å². The lowest BCUT2D eigenvalue weighted by Gasteiger charge is -2.21. The average molecular weight is 458 g/mol. The van der Waals surface area contributed by atoms with Gasteiger partial charge < -0.3 is 15.0 Å². The van der Waals surface area contributed by atoms with Crippen LogP contribution in [-0.2, 0) is 16.4 Å². The number of fused-ring (bicyclic) bond motifs is 1. The van der Waals surface area contributed by atoms with Gasteiger partial charge >= 0.3 is 0 Å². The monoisotopic (exact) mass is 457 g/mol. The highest BCUT2D eigenvalue weighted by atomic mass is 32.2. The summed E-state index contributed by atoms with van der Waals surface area (Å²) in [4.78, 5) is 15.5. The van der Waals surface area contributed by atoms with E-state index in [1.165, 1.54) is 29.1 Å². The molecule has 2 aromatic rings. The third-order valence-electron chi connectivity index (χ3n) is 6.34. The number of nitrogens with zero attached hydrogens (tertiary/aromatic N) is 2. The molecule has 1 fully saturated rings. The summed E-state index contributed by atoms with van der Waals surface area (Å²) in [6.07, 6.45) is 4.80. The Balaban J connectivity index is 1.61. The van der Waals surface area contributed by atoms with E-state index >= 15 is 0 Å². The van der Waals surface area contributed by atoms with Gasteiger partial charge in [0.1, 0.15) is 5.75 Å². The van der Waals surface area contributed by atoms with Crippen molar-refractivity contribution >= 4 is 27.3 Å². The summed E-state index contributed by atoms with van der Waals surface area (Å²) in [6.45, 7) is 5.03. The number of carbonyl (C=O) groups is 1. The van der Waals surface area contributed by atoms with E-state index in [0.29, 0.717) is 24.5 Å². The van der Waals surface area contributed by atoms with Gasteiger partial charge in [0.05, 0.1) is 17.6 Å². The standard InChI is InChI=1S/C24H31N3O4S/c1-3-26-15-12-18-8-9-19(16-22(18)26)25-24(28)21-17-20(10-11-23(21)31-2)32(29,30)27-13-6-4-5-7-14-27/h8-11,16-17H,3-7,12-15H2,1-2H3,(H,25,28). The van der Waals surface area contributed by atoms with Crippen LogP contribution in [0, 0.1) is 0 Å². The normalized spacial score (nSPS) is 17.0. The number of likely N-dealkylation sites (N-methyl/N-ethyl adjacent to an activating group) is 1. The van der Waals surface area contributed by atoms with Crippen LogP contribution in [0.25, 0.3) is 0 Å². The first kappa shape index (κ1) is 22.6. The number of hydrogen-bond donors (Lipinski definition) is 1. The molecule has 8 heteroatoms. The molecule has 4 rings (SSSR count). The van der Waals surface area contributed by atoms with Crippen molar-refractivity contribution in [3.8, 4) is 5.75 Å². The van der Waals surface area contributed by atoms with Crippen molar-refractivity contribution in [1.29, 1.82) is 0 Å². The summed E-state index contributed by atoms with van der Waals surface area (Å²) in [5.74, 6) is -0.0515. The van der Waals surface area contributed by atoms with Crippen LogP contribution in [-0.4, -0.2) is 51.9 Å². The topological polar surface area (TPSA) is 79.0 Å². The van der Waals surface area contributed by atoms with Crippen molar-refractivity contribution in [1.82, 2.24) is 4.31 Å². The summed E-state index contributed by atoms with van der Waals surface area (Å²) < 4.78 is 33.3. The van der Waals surface area contributed by atoms with Gasteiger partial charge in [-0.15, -0.1) is 0 Å². The summed E-state index contributed by atoms with van der Waals surface area (Å²) in [5.41, 5.74) is 3.29. The average Bonchev–Trinajstić information content (AvgIpc) is 3.00. The number of rotatable bonds is 6. The van der Waals surface area contributed by atoms with Crippen LogP contribution in [0.15, 0.2) is 41.3 Å². The first-order valence-electron chi connectivity index (χ1n) is 11.3. The van der Waals surface area contributed by atoms with E-state index in [1.807, 2.05) is 18.2 Å². The molecular weight excluding hydrogens is 426 g/mol. The second-order valence-electron chi connectivity index (χ2n) is 8.31. The largest absolute Gasteiger partial charge is 0.496 e. The Bertz CT molecular complexity index is 1090. The summed E-state index contributed by atoms with van der Waals surface area (Å²) in [7, 11) is -2.19. The fourth-order valence-corrected chi connectivity index (χ4v) is 6.05. The van der Waals surface area contributed by atoms with Gasteiger partial charge in [-0.25, -0.2) is 8.42 Å². The molecular formula is C24H31N3O4S. The summed E-state index contributed by atoms with van der Waals surface area (Å²) in [5, 5.41) is 2.92. The Kier molecular flexibility index (Phi) is 6.71. The smallest absolute Gasteiger partial charge is 0.259 e. The number of carbonyl (C=O) groups excluding carboxylic acids is 1. The van der Waals surface area contributed by atoms with Crippen molar-refractivity contribution in [2.24, 2.45) is 0 Å². The van der Waals surface area contributed by atoms with Gasteiger partial charge in [0.2, 0.25) is 10.0 Å². The molecule has 1 N–H and O–H groups in total. The van der Waals surface area contributed by atoms with E-state index in [2.05, 4.69) is 17.1 Å². The molecule has 2 aliphatic rings. The highest BCUT2D eigenvalue weighted by molar-refractivity contribution is 7.89. The molecule has 1 saturated heterocycles. The molecule has 2 aromatic carbocycles. The molecule has 0 bridgehead atoms. The van der Waals surface area contributed by atoms with Crippen molar-refractivity contribution in [2.45, 2.75) is 43.9 Å². The molecule has 0 unspecified atom stereocenters. The molecule has 0 radical (unpaired) electrons. The first-order valence-corrected chi connectivity index (χ1v) is 12.8. The van der Waals surface area contributed by atoms with Crippen LogP contribution in [0.3, 0.4) is 0 Å². The number of ether oxygens (including phenoxy) is 1. The fourth-order valence-electron chi connectivity index (χ4n) is 4.51. The minimum absolute atomic E-state index is 0.122. The molecule has 2 heterocycles. The third kappa shape index (κ3) is 4.47. The zero-order chi connectivity index (χ0) is 22.7. The van der Waals surface area contributed by atoms with Crippen molar-refractivity contribution in [2.75, 3.05) is 43.5 Å². The van der Waals surface area contributed by atoms with Crippen molar-refractivity contribution < 1.29 is 17.9 Å². The van der Waals surface area contributed by atoms with Gasteiger partial charge in [0, 0.05) is 37.6 Å². The van der Waals surface area contributed by atoms with E-state index in [-0.39, 0.29) is 10.5 Å². The number of sulfonamides is 1. The summed E-state index contributed by atoms with van der Waals surface area (Å²) >= 11 is 0.